The topological polar surface area (TPSA) is 56.8 Å². The third-order valence-corrected chi connectivity index (χ3v) is 3.63. The van der Waals surface area contributed by atoms with Crippen LogP contribution in [-0.4, -0.2) is 32.8 Å². The predicted octanol–water partition coefficient (Wildman–Crippen LogP) is 3.22. The molecule has 134 valence electrons. The molecule has 0 saturated carbocycles. The number of methoxy groups -OCH3 is 1. The van der Waals surface area contributed by atoms with Gasteiger partial charge in [0, 0.05) is 12.6 Å². The lowest BCUT2D eigenvalue weighted by atomic mass is 10.1. The van der Waals surface area contributed by atoms with Crippen molar-refractivity contribution in [3.8, 4) is 17.2 Å². The number of nitrogens with one attached hydrogen (secondary N) is 1. The Labute approximate surface area is 148 Å². The van der Waals surface area contributed by atoms with Crippen LogP contribution in [0, 0.1) is 0 Å². The molecule has 2 rings (SSSR count). The van der Waals surface area contributed by atoms with Crippen LogP contribution in [0.15, 0.2) is 48.5 Å². The second-order valence-corrected chi connectivity index (χ2v) is 5.46. The molecule has 1 amide bonds. The number of para-hydroxylation sites is 1. The van der Waals surface area contributed by atoms with Crippen molar-refractivity contribution in [1.29, 1.82) is 0 Å². The fraction of sp³-hybridized carbons (Fsp3) is 0.350. The summed E-state index contributed by atoms with van der Waals surface area (Å²) in [5.41, 5.74) is 1.16. The Morgan fingerprint density at radius 1 is 1.04 bits per heavy atom. The van der Waals surface area contributed by atoms with E-state index in [1.807, 2.05) is 37.3 Å². The van der Waals surface area contributed by atoms with Crippen LogP contribution in [0.3, 0.4) is 0 Å². The summed E-state index contributed by atoms with van der Waals surface area (Å²) < 4.78 is 16.2. The van der Waals surface area contributed by atoms with E-state index in [1.54, 1.807) is 19.2 Å². The molecule has 0 bridgehead atoms. The highest BCUT2D eigenvalue weighted by Gasteiger charge is 2.05. The first kappa shape index (κ1) is 18.6. The third-order valence-electron chi connectivity index (χ3n) is 3.63. The minimum atomic E-state index is -0.138. The van der Waals surface area contributed by atoms with Crippen LogP contribution in [0.5, 0.6) is 17.2 Å². The Bertz CT molecular complexity index is 672. The fourth-order valence-electron chi connectivity index (χ4n) is 2.40. The van der Waals surface area contributed by atoms with Gasteiger partial charge in [-0.25, -0.2) is 0 Å². The lowest BCUT2D eigenvalue weighted by Gasteiger charge is -2.11. The number of ether oxygens (including phenoxy) is 3. The van der Waals surface area contributed by atoms with E-state index in [-0.39, 0.29) is 12.5 Å². The number of carbonyl (C=O) groups is 1. The molecular formula is C20H25NO4. The lowest BCUT2D eigenvalue weighted by Crippen LogP contribution is -2.29. The van der Waals surface area contributed by atoms with Gasteiger partial charge in [-0.2, -0.15) is 0 Å². The van der Waals surface area contributed by atoms with E-state index in [0.717, 1.165) is 24.2 Å². The second-order valence-electron chi connectivity index (χ2n) is 5.46. The quantitative estimate of drug-likeness (QED) is 0.673. The first-order valence-electron chi connectivity index (χ1n) is 8.47. The van der Waals surface area contributed by atoms with Gasteiger partial charge in [0.25, 0.3) is 5.91 Å². The van der Waals surface area contributed by atoms with Gasteiger partial charge in [-0.3, -0.25) is 4.79 Å². The van der Waals surface area contributed by atoms with E-state index in [9.17, 15) is 4.79 Å². The fourth-order valence-corrected chi connectivity index (χ4v) is 2.40. The van der Waals surface area contributed by atoms with Gasteiger partial charge in [0.15, 0.2) is 6.61 Å². The van der Waals surface area contributed by atoms with E-state index >= 15 is 0 Å². The SMILES string of the molecule is CCOc1ccccc1CCCNC(=O)COc1cccc(OC)c1. The van der Waals surface area contributed by atoms with Gasteiger partial charge in [0.05, 0.1) is 13.7 Å². The van der Waals surface area contributed by atoms with Crippen molar-refractivity contribution in [2.24, 2.45) is 0 Å². The lowest BCUT2D eigenvalue weighted by molar-refractivity contribution is -0.123. The van der Waals surface area contributed by atoms with Crippen molar-refractivity contribution in [3.05, 3.63) is 54.1 Å². The van der Waals surface area contributed by atoms with E-state index in [2.05, 4.69) is 11.4 Å². The smallest absolute Gasteiger partial charge is 0.257 e. The maximum absolute atomic E-state index is 11.9. The van der Waals surface area contributed by atoms with Gasteiger partial charge in [0.1, 0.15) is 17.2 Å². The standard InChI is InChI=1S/C20H25NO4/c1-3-24-19-12-5-4-8-16(19)9-7-13-21-20(22)15-25-18-11-6-10-17(14-18)23-2/h4-6,8,10-12,14H,3,7,9,13,15H2,1-2H3,(H,21,22). The summed E-state index contributed by atoms with van der Waals surface area (Å²) in [4.78, 5) is 11.9. The van der Waals surface area contributed by atoms with Crippen LogP contribution in [0.2, 0.25) is 0 Å². The number of hydrogen-bond donors (Lipinski definition) is 1. The maximum atomic E-state index is 11.9. The number of aryl methyl sites for hydroxylation is 1. The highest BCUT2D eigenvalue weighted by molar-refractivity contribution is 5.77. The van der Waals surface area contributed by atoms with Crippen molar-refractivity contribution in [3.63, 3.8) is 0 Å². The van der Waals surface area contributed by atoms with E-state index in [0.29, 0.717) is 24.7 Å². The first-order chi connectivity index (χ1) is 12.2. The molecule has 5 heteroatoms. The Kier molecular flexibility index (Phi) is 7.63. The first-order valence-corrected chi connectivity index (χ1v) is 8.47. The van der Waals surface area contributed by atoms with E-state index < -0.39 is 0 Å². The number of rotatable bonds is 10. The van der Waals surface area contributed by atoms with Crippen LogP contribution in [-0.2, 0) is 11.2 Å². The molecule has 2 aromatic rings. The summed E-state index contributed by atoms with van der Waals surface area (Å²) in [6.45, 7) is 3.21. The molecule has 0 aromatic heterocycles. The van der Waals surface area contributed by atoms with E-state index in [4.69, 9.17) is 14.2 Å². The Balaban J connectivity index is 1.68. The Hall–Kier alpha value is -2.69. The Morgan fingerprint density at radius 3 is 2.64 bits per heavy atom. The van der Waals surface area contributed by atoms with Crippen LogP contribution in [0.25, 0.3) is 0 Å². The molecule has 5 nitrogen and oxygen atoms in total. The molecule has 0 unspecified atom stereocenters. The number of amides is 1. The molecule has 0 aliphatic carbocycles. The number of hydrogen-bond acceptors (Lipinski definition) is 4. The molecule has 0 fully saturated rings. The zero-order chi connectivity index (χ0) is 17.9. The second kappa shape index (κ2) is 10.2. The third kappa shape index (κ3) is 6.37. The summed E-state index contributed by atoms with van der Waals surface area (Å²) in [7, 11) is 1.59. The van der Waals surface area contributed by atoms with Gasteiger partial charge in [-0.05, 0) is 43.5 Å². The van der Waals surface area contributed by atoms with Crippen molar-refractivity contribution in [1.82, 2.24) is 5.32 Å². The van der Waals surface area contributed by atoms with Crippen LogP contribution in [0.1, 0.15) is 18.9 Å². The van der Waals surface area contributed by atoms with Gasteiger partial charge in [-0.15, -0.1) is 0 Å². The average Bonchev–Trinajstić information content (AvgIpc) is 2.65. The van der Waals surface area contributed by atoms with Gasteiger partial charge >= 0.3 is 0 Å². The van der Waals surface area contributed by atoms with Gasteiger partial charge in [-0.1, -0.05) is 24.3 Å². The summed E-state index contributed by atoms with van der Waals surface area (Å²) in [6, 6.07) is 15.2. The zero-order valence-corrected chi connectivity index (χ0v) is 14.8. The van der Waals surface area contributed by atoms with Crippen LogP contribution in [0.4, 0.5) is 0 Å². The summed E-state index contributed by atoms with van der Waals surface area (Å²) in [5, 5.41) is 2.87. The molecule has 25 heavy (non-hydrogen) atoms. The van der Waals surface area contributed by atoms with Gasteiger partial charge < -0.3 is 19.5 Å². The predicted molar refractivity (Wildman–Crippen MR) is 97.4 cm³/mol. The van der Waals surface area contributed by atoms with E-state index in [1.165, 1.54) is 0 Å². The molecule has 0 spiro atoms. The van der Waals surface area contributed by atoms with Crippen molar-refractivity contribution >= 4 is 5.91 Å². The molecule has 2 aromatic carbocycles. The van der Waals surface area contributed by atoms with Gasteiger partial charge in [0.2, 0.25) is 0 Å². The average molecular weight is 343 g/mol. The van der Waals surface area contributed by atoms with Crippen molar-refractivity contribution in [2.45, 2.75) is 19.8 Å². The number of carbonyl (C=O) groups excluding carboxylic acids is 1. The molecule has 1 N–H and O–H groups in total. The molecule has 0 saturated heterocycles. The molecule has 0 aliphatic rings. The van der Waals surface area contributed by atoms with Crippen molar-refractivity contribution in [2.75, 3.05) is 26.9 Å². The largest absolute Gasteiger partial charge is 0.497 e. The molecular weight excluding hydrogens is 318 g/mol. The minimum absolute atomic E-state index is 0.0112. The Morgan fingerprint density at radius 2 is 1.84 bits per heavy atom. The zero-order valence-electron chi connectivity index (χ0n) is 14.8. The van der Waals surface area contributed by atoms with Crippen LogP contribution < -0.4 is 19.5 Å². The summed E-state index contributed by atoms with van der Waals surface area (Å²) in [5.74, 6) is 2.09. The normalized spacial score (nSPS) is 10.2. The molecule has 0 radical (unpaired) electrons. The minimum Gasteiger partial charge on any atom is -0.497 e. The highest BCUT2D eigenvalue weighted by atomic mass is 16.5. The van der Waals surface area contributed by atoms with Crippen LogP contribution >= 0.6 is 0 Å². The van der Waals surface area contributed by atoms with Crippen molar-refractivity contribution < 1.29 is 19.0 Å². The highest BCUT2D eigenvalue weighted by Crippen LogP contribution is 2.19. The summed E-state index contributed by atoms with van der Waals surface area (Å²) >= 11 is 0. The molecule has 0 atom stereocenters. The summed E-state index contributed by atoms with van der Waals surface area (Å²) in [6.07, 6.45) is 1.70. The molecule has 0 heterocycles. The maximum Gasteiger partial charge on any atom is 0.257 e. The number of benzene rings is 2. The monoisotopic (exact) mass is 343 g/mol. The molecule has 0 aliphatic heterocycles.